The van der Waals surface area contributed by atoms with E-state index in [0.717, 1.165) is 17.6 Å². The van der Waals surface area contributed by atoms with Crippen molar-refractivity contribution < 1.29 is 38.4 Å². The van der Waals surface area contributed by atoms with Crippen molar-refractivity contribution in [2.24, 2.45) is 11.3 Å². The highest BCUT2D eigenvalue weighted by atomic mass is 16.7. The molecule has 0 aromatic carbocycles. The van der Waals surface area contributed by atoms with Crippen molar-refractivity contribution in [1.29, 1.82) is 0 Å². The number of carbonyl (C=O) groups is 3. The molecule has 8 nitrogen and oxygen atoms in total. The second-order valence-corrected chi connectivity index (χ2v) is 9.91. The van der Waals surface area contributed by atoms with Crippen LogP contribution in [-0.2, 0) is 33.3 Å². The third kappa shape index (κ3) is 1.56. The van der Waals surface area contributed by atoms with Crippen molar-refractivity contribution in [3.8, 4) is 0 Å². The fourth-order valence-corrected chi connectivity index (χ4v) is 7.56. The lowest BCUT2D eigenvalue weighted by Gasteiger charge is -2.51. The Bertz CT molecular complexity index is 954. The van der Waals surface area contributed by atoms with Crippen LogP contribution < -0.4 is 0 Å². The van der Waals surface area contributed by atoms with E-state index in [1.165, 1.54) is 0 Å². The minimum absolute atomic E-state index is 0.0177. The van der Waals surface area contributed by atoms with Crippen LogP contribution in [0.4, 0.5) is 0 Å². The molecule has 8 atom stereocenters. The van der Waals surface area contributed by atoms with Gasteiger partial charge < -0.3 is 24.1 Å². The predicted molar refractivity (Wildman–Crippen MR) is 92.7 cm³/mol. The number of carboxylic acids is 1. The maximum Gasteiger partial charge on any atom is 0.334 e. The Balaban J connectivity index is 1.27. The van der Waals surface area contributed by atoms with Crippen LogP contribution in [0.15, 0.2) is 11.1 Å². The number of hydrogen-bond acceptors (Lipinski definition) is 7. The molecule has 3 saturated heterocycles. The molecule has 4 heterocycles. The first-order valence-corrected chi connectivity index (χ1v) is 10.5. The first-order valence-electron chi connectivity index (χ1n) is 10.5. The Labute approximate surface area is 166 Å². The molecule has 8 heteroatoms. The van der Waals surface area contributed by atoms with Crippen molar-refractivity contribution in [3.05, 3.63) is 11.1 Å². The van der Waals surface area contributed by atoms with E-state index in [1.807, 2.05) is 0 Å². The second-order valence-electron chi connectivity index (χ2n) is 9.91. The zero-order valence-electron chi connectivity index (χ0n) is 16.1. The number of carboxylic acid groups (broad SMARTS) is 1. The van der Waals surface area contributed by atoms with E-state index >= 15 is 0 Å². The highest BCUT2D eigenvalue weighted by molar-refractivity contribution is 6.05. The van der Waals surface area contributed by atoms with Crippen LogP contribution in [-0.4, -0.2) is 64.6 Å². The van der Waals surface area contributed by atoms with E-state index in [2.05, 4.69) is 6.92 Å². The fraction of sp³-hybridized carbons (Fsp3) is 0.762. The van der Waals surface area contributed by atoms with Crippen LogP contribution in [0.3, 0.4) is 0 Å². The minimum Gasteiger partial charge on any atom is -0.481 e. The molecule has 7 rings (SSSR count). The third-order valence-corrected chi connectivity index (χ3v) is 8.98. The summed E-state index contributed by atoms with van der Waals surface area (Å²) in [5, 5.41) is 8.95. The second kappa shape index (κ2) is 4.60. The summed E-state index contributed by atoms with van der Waals surface area (Å²) in [5.41, 5.74) is -1.05. The molecule has 4 aliphatic heterocycles. The molecule has 0 radical (unpaired) electrons. The summed E-state index contributed by atoms with van der Waals surface area (Å²) in [7, 11) is 0. The Morgan fingerprint density at radius 3 is 2.83 bits per heavy atom. The van der Waals surface area contributed by atoms with Gasteiger partial charge in [-0.2, -0.15) is 0 Å². The molecular formula is C21H22O8. The van der Waals surface area contributed by atoms with Crippen LogP contribution in [0.1, 0.15) is 45.4 Å². The number of ether oxygens (including phenoxy) is 4. The molecule has 3 aliphatic carbocycles. The van der Waals surface area contributed by atoms with Gasteiger partial charge in [-0.05, 0) is 43.6 Å². The highest BCUT2D eigenvalue weighted by Crippen LogP contribution is 2.81. The molecule has 0 aromatic heterocycles. The molecule has 5 fully saturated rings. The number of hydrogen-bond donors (Lipinski definition) is 1. The Kier molecular flexibility index (Phi) is 2.69. The molecule has 1 N–H and O–H groups in total. The summed E-state index contributed by atoms with van der Waals surface area (Å²) in [6.07, 6.45) is 2.14. The van der Waals surface area contributed by atoms with Gasteiger partial charge in [-0.3, -0.25) is 9.59 Å². The molecule has 0 unspecified atom stereocenters. The number of esters is 1. The Morgan fingerprint density at radius 1 is 1.21 bits per heavy atom. The number of ketones is 1. The summed E-state index contributed by atoms with van der Waals surface area (Å²) in [6.45, 7) is 2.51. The fourth-order valence-electron chi connectivity index (χ4n) is 7.56. The van der Waals surface area contributed by atoms with Crippen molar-refractivity contribution in [2.45, 2.75) is 80.6 Å². The summed E-state index contributed by atoms with van der Waals surface area (Å²) in [4.78, 5) is 36.7. The standard InChI is InChI=1S/C21H22O8/c1-18-6-4-9-10(8-26-16(9)24)11(18)7-12-20(27-12)17(25)19(5-2-3-13(22)23)14(28-19)15-21(18,20)29-15/h11-12,14-15H,2-8H2,1H3,(H,22,23)/t11-,12-,14-,15-,18-,19-,20+,21+/m0/s1. The number of epoxide rings is 3. The SMILES string of the molecule is C[C@]12CCC3=C(COC3=O)[C@@H]1C[C@@H]1O[C@@]13C(=O)[C@@]1(CCCC(=O)O)O[C@H]1[C@@H]1O[C@]123. The smallest absolute Gasteiger partial charge is 0.334 e. The zero-order chi connectivity index (χ0) is 20.0. The van der Waals surface area contributed by atoms with E-state index in [4.69, 9.17) is 24.1 Å². The molecule has 2 spiro atoms. The van der Waals surface area contributed by atoms with E-state index in [-0.39, 0.29) is 47.8 Å². The lowest BCUT2D eigenvalue weighted by atomic mass is 9.47. The summed E-state index contributed by atoms with van der Waals surface area (Å²) in [5.74, 6) is -1.01. The monoisotopic (exact) mass is 402 g/mol. The van der Waals surface area contributed by atoms with Gasteiger partial charge >= 0.3 is 11.9 Å². The van der Waals surface area contributed by atoms with Crippen LogP contribution in [0.25, 0.3) is 0 Å². The summed E-state index contributed by atoms with van der Waals surface area (Å²) in [6, 6.07) is 0. The Hall–Kier alpha value is -1.77. The normalized spacial score (nSPS) is 54.9. The van der Waals surface area contributed by atoms with Gasteiger partial charge in [0.25, 0.3) is 0 Å². The zero-order valence-corrected chi connectivity index (χ0v) is 16.1. The van der Waals surface area contributed by atoms with E-state index in [0.29, 0.717) is 32.3 Å². The van der Waals surface area contributed by atoms with E-state index in [9.17, 15) is 14.4 Å². The summed E-state index contributed by atoms with van der Waals surface area (Å²) >= 11 is 0. The highest BCUT2D eigenvalue weighted by Gasteiger charge is 3.00. The lowest BCUT2D eigenvalue weighted by molar-refractivity contribution is -0.140. The average molecular weight is 402 g/mol. The lowest BCUT2D eigenvalue weighted by Crippen LogP contribution is -2.66. The first kappa shape index (κ1) is 17.0. The number of Topliss-reactive ketones (excluding diaryl/α,β-unsaturated/α-hetero) is 1. The molecule has 0 bridgehead atoms. The molecule has 2 saturated carbocycles. The topological polar surface area (TPSA) is 118 Å². The van der Waals surface area contributed by atoms with Gasteiger partial charge in [-0.15, -0.1) is 0 Å². The van der Waals surface area contributed by atoms with Crippen molar-refractivity contribution in [2.75, 3.05) is 6.61 Å². The molecule has 0 aromatic rings. The quantitative estimate of drug-likeness (QED) is 0.545. The number of rotatable bonds is 4. The average Bonchev–Trinajstić information content (AvgIpc) is 3.57. The van der Waals surface area contributed by atoms with Crippen LogP contribution in [0, 0.1) is 11.3 Å². The van der Waals surface area contributed by atoms with Crippen LogP contribution in [0.2, 0.25) is 0 Å². The molecular weight excluding hydrogens is 380 g/mol. The van der Waals surface area contributed by atoms with E-state index in [1.54, 1.807) is 0 Å². The largest absolute Gasteiger partial charge is 0.481 e. The van der Waals surface area contributed by atoms with E-state index < -0.39 is 22.8 Å². The predicted octanol–water partition coefficient (Wildman–Crippen LogP) is 0.910. The van der Waals surface area contributed by atoms with Gasteiger partial charge in [0.2, 0.25) is 5.78 Å². The number of fused-ring (bicyclic) bond motifs is 4. The van der Waals surface area contributed by atoms with Crippen LogP contribution in [0.5, 0.6) is 0 Å². The number of carbonyl (C=O) groups excluding carboxylic acids is 2. The maximum atomic E-state index is 13.7. The van der Waals surface area contributed by atoms with Gasteiger partial charge in [0.15, 0.2) is 11.2 Å². The van der Waals surface area contributed by atoms with Gasteiger partial charge in [0, 0.05) is 17.4 Å². The number of cyclic esters (lactones) is 1. The minimum atomic E-state index is -0.972. The van der Waals surface area contributed by atoms with Crippen molar-refractivity contribution in [3.63, 3.8) is 0 Å². The van der Waals surface area contributed by atoms with Gasteiger partial charge in [-0.25, -0.2) is 4.79 Å². The summed E-state index contributed by atoms with van der Waals surface area (Å²) < 4.78 is 23.9. The number of aliphatic carboxylic acids is 1. The van der Waals surface area contributed by atoms with Crippen molar-refractivity contribution in [1.82, 2.24) is 0 Å². The van der Waals surface area contributed by atoms with Crippen LogP contribution >= 0.6 is 0 Å². The third-order valence-electron chi connectivity index (χ3n) is 8.98. The van der Waals surface area contributed by atoms with Gasteiger partial charge in [0.1, 0.15) is 24.4 Å². The maximum absolute atomic E-state index is 13.7. The van der Waals surface area contributed by atoms with Gasteiger partial charge in [-0.1, -0.05) is 6.92 Å². The first-order chi connectivity index (χ1) is 13.8. The molecule has 154 valence electrons. The molecule has 29 heavy (non-hydrogen) atoms. The molecule has 0 amide bonds. The van der Waals surface area contributed by atoms with Crippen molar-refractivity contribution >= 4 is 17.7 Å². The molecule has 7 aliphatic rings. The Morgan fingerprint density at radius 2 is 2.03 bits per heavy atom. The van der Waals surface area contributed by atoms with Gasteiger partial charge in [0.05, 0.1) is 6.10 Å².